The van der Waals surface area contributed by atoms with Crippen molar-refractivity contribution in [3.63, 3.8) is 0 Å². The van der Waals surface area contributed by atoms with Crippen molar-refractivity contribution in [3.05, 3.63) is 66.0 Å². The smallest absolute Gasteiger partial charge is 0.258 e. The normalized spacial score (nSPS) is 15.6. The quantitative estimate of drug-likeness (QED) is 0.601. The first-order valence-corrected chi connectivity index (χ1v) is 8.22. The summed E-state index contributed by atoms with van der Waals surface area (Å²) in [5.74, 6) is -1.34. The maximum atomic E-state index is 14.0. The predicted molar refractivity (Wildman–Crippen MR) is 97.5 cm³/mol. The molecule has 0 bridgehead atoms. The van der Waals surface area contributed by atoms with Crippen LogP contribution in [0.5, 0.6) is 5.88 Å². The summed E-state index contributed by atoms with van der Waals surface area (Å²) in [5, 5.41) is 2.68. The van der Waals surface area contributed by atoms with Crippen molar-refractivity contribution in [2.75, 3.05) is 12.4 Å². The molecule has 0 unspecified atom stereocenters. The van der Waals surface area contributed by atoms with Crippen LogP contribution < -0.4 is 15.8 Å². The standard InChI is InChI=1S/C19H18F2N4O2/c1-27-17-10-15(14(21)11-24-17)23-9-6-16(22)25-18(26)19(7-8-19)12-4-2-3-5-13(12)20/h2-6,9-11H,7-8H2,1H3,(H,23,24)(H2,22,25,26)/b9-6-. The minimum absolute atomic E-state index is 0.0726. The molecule has 3 rings (SSSR count). The Balaban J connectivity index is 1.70. The van der Waals surface area contributed by atoms with Crippen molar-refractivity contribution in [3.8, 4) is 5.88 Å². The van der Waals surface area contributed by atoms with E-state index in [4.69, 9.17) is 10.5 Å². The molecule has 1 aromatic heterocycles. The van der Waals surface area contributed by atoms with Gasteiger partial charge in [-0.15, -0.1) is 0 Å². The van der Waals surface area contributed by atoms with Gasteiger partial charge >= 0.3 is 0 Å². The van der Waals surface area contributed by atoms with Crippen molar-refractivity contribution < 1.29 is 18.3 Å². The topological polar surface area (TPSA) is 89.6 Å². The number of amidine groups is 1. The van der Waals surface area contributed by atoms with Gasteiger partial charge in [0, 0.05) is 17.8 Å². The third kappa shape index (κ3) is 3.94. The molecule has 8 heteroatoms. The van der Waals surface area contributed by atoms with Crippen LogP contribution in [0.15, 0.2) is 53.8 Å². The molecular weight excluding hydrogens is 354 g/mol. The highest BCUT2D eigenvalue weighted by atomic mass is 19.1. The summed E-state index contributed by atoms with van der Waals surface area (Å²) in [7, 11) is 1.42. The predicted octanol–water partition coefficient (Wildman–Crippen LogP) is 2.91. The number of methoxy groups -OCH3 is 1. The highest BCUT2D eigenvalue weighted by Gasteiger charge is 2.52. The molecule has 1 aromatic carbocycles. The molecule has 1 fully saturated rings. The second-order valence-electron chi connectivity index (χ2n) is 6.09. The number of aromatic nitrogens is 1. The highest BCUT2D eigenvalue weighted by Crippen LogP contribution is 2.50. The van der Waals surface area contributed by atoms with E-state index in [1.807, 2.05) is 0 Å². The van der Waals surface area contributed by atoms with E-state index in [9.17, 15) is 13.6 Å². The second-order valence-corrected chi connectivity index (χ2v) is 6.09. The SMILES string of the molecule is COc1cc(N/C=C\C(N)=NC(=O)C2(c3ccccc3F)CC2)c(F)cn1. The number of pyridine rings is 1. The molecule has 0 spiro atoms. The average molecular weight is 372 g/mol. The first kappa shape index (κ1) is 18.5. The number of amides is 1. The van der Waals surface area contributed by atoms with Crippen LogP contribution in [0.4, 0.5) is 14.5 Å². The van der Waals surface area contributed by atoms with E-state index in [0.29, 0.717) is 18.4 Å². The molecule has 1 amide bonds. The Hall–Kier alpha value is -3.29. The first-order chi connectivity index (χ1) is 13.0. The number of carbonyl (C=O) groups excluding carboxylic acids is 1. The summed E-state index contributed by atoms with van der Waals surface area (Å²) in [6.45, 7) is 0. The molecule has 1 heterocycles. The number of halogens is 2. The lowest BCUT2D eigenvalue weighted by atomic mass is 9.94. The fourth-order valence-electron chi connectivity index (χ4n) is 2.69. The third-order valence-corrected chi connectivity index (χ3v) is 4.31. The lowest BCUT2D eigenvalue weighted by Crippen LogP contribution is -2.23. The second kappa shape index (κ2) is 7.53. The van der Waals surface area contributed by atoms with Crippen LogP contribution in [0.2, 0.25) is 0 Å². The molecule has 0 radical (unpaired) electrons. The lowest BCUT2D eigenvalue weighted by molar-refractivity contribution is -0.120. The van der Waals surface area contributed by atoms with Gasteiger partial charge in [-0.25, -0.2) is 13.8 Å². The van der Waals surface area contributed by atoms with E-state index >= 15 is 0 Å². The summed E-state index contributed by atoms with van der Waals surface area (Å²) in [6, 6.07) is 7.52. The van der Waals surface area contributed by atoms with Crippen molar-refractivity contribution >= 4 is 17.4 Å². The van der Waals surface area contributed by atoms with Gasteiger partial charge < -0.3 is 15.8 Å². The van der Waals surface area contributed by atoms with Gasteiger partial charge in [0.25, 0.3) is 5.91 Å². The number of carbonyl (C=O) groups is 1. The Morgan fingerprint density at radius 1 is 1.33 bits per heavy atom. The number of benzene rings is 1. The van der Waals surface area contributed by atoms with Crippen LogP contribution in [0.25, 0.3) is 0 Å². The number of hydrogen-bond donors (Lipinski definition) is 2. The van der Waals surface area contributed by atoms with Gasteiger partial charge in [0.2, 0.25) is 5.88 Å². The number of nitrogens with one attached hydrogen (secondary N) is 1. The van der Waals surface area contributed by atoms with Gasteiger partial charge in [-0.3, -0.25) is 4.79 Å². The van der Waals surface area contributed by atoms with E-state index in [2.05, 4.69) is 15.3 Å². The zero-order valence-corrected chi connectivity index (χ0v) is 14.6. The largest absolute Gasteiger partial charge is 0.481 e. The molecule has 1 saturated carbocycles. The van der Waals surface area contributed by atoms with E-state index in [-0.39, 0.29) is 17.4 Å². The van der Waals surface area contributed by atoms with E-state index < -0.39 is 23.0 Å². The van der Waals surface area contributed by atoms with E-state index in [0.717, 1.165) is 6.20 Å². The van der Waals surface area contributed by atoms with Crippen molar-refractivity contribution in [1.29, 1.82) is 0 Å². The minimum atomic E-state index is -0.943. The maximum Gasteiger partial charge on any atom is 0.258 e. The molecular formula is C19H18F2N4O2. The van der Waals surface area contributed by atoms with Crippen LogP contribution in [-0.2, 0) is 10.2 Å². The molecule has 3 N–H and O–H groups in total. The third-order valence-electron chi connectivity index (χ3n) is 4.31. The molecule has 0 aliphatic heterocycles. The Bertz CT molecular complexity index is 924. The molecule has 1 aliphatic carbocycles. The number of hydrogen-bond acceptors (Lipinski definition) is 4. The van der Waals surface area contributed by atoms with Gasteiger partial charge in [-0.1, -0.05) is 18.2 Å². The number of aliphatic imine (C=N–C) groups is 1. The molecule has 1 aliphatic rings. The fraction of sp³-hybridized carbons (Fsp3) is 0.211. The number of nitrogens with two attached hydrogens (primary N) is 1. The molecule has 27 heavy (non-hydrogen) atoms. The minimum Gasteiger partial charge on any atom is -0.481 e. The summed E-state index contributed by atoms with van der Waals surface area (Å²) in [6.07, 6.45) is 4.72. The van der Waals surface area contributed by atoms with Crippen LogP contribution in [-0.4, -0.2) is 23.8 Å². The highest BCUT2D eigenvalue weighted by molar-refractivity contribution is 6.04. The van der Waals surface area contributed by atoms with E-state index in [1.165, 1.54) is 31.5 Å². The van der Waals surface area contributed by atoms with Crippen LogP contribution in [0, 0.1) is 11.6 Å². The monoisotopic (exact) mass is 372 g/mol. The Labute approximate surface area is 154 Å². The van der Waals surface area contributed by atoms with Crippen LogP contribution in [0.3, 0.4) is 0 Å². The summed E-state index contributed by atoms with van der Waals surface area (Å²) in [5.41, 5.74) is 5.27. The molecule has 0 saturated heterocycles. The first-order valence-electron chi connectivity index (χ1n) is 8.22. The molecule has 0 atom stereocenters. The van der Waals surface area contributed by atoms with Gasteiger partial charge in [-0.05, 0) is 25.0 Å². The van der Waals surface area contributed by atoms with Gasteiger partial charge in [0.15, 0.2) is 5.82 Å². The summed E-state index contributed by atoms with van der Waals surface area (Å²) >= 11 is 0. The van der Waals surface area contributed by atoms with Crippen molar-refractivity contribution in [2.24, 2.45) is 10.7 Å². The lowest BCUT2D eigenvalue weighted by Gasteiger charge is -2.12. The van der Waals surface area contributed by atoms with Gasteiger partial charge in [0.1, 0.15) is 11.7 Å². The Morgan fingerprint density at radius 3 is 2.74 bits per heavy atom. The zero-order valence-electron chi connectivity index (χ0n) is 14.6. The van der Waals surface area contributed by atoms with Gasteiger partial charge in [-0.2, -0.15) is 4.99 Å². The Morgan fingerprint density at radius 2 is 2.07 bits per heavy atom. The van der Waals surface area contributed by atoms with Gasteiger partial charge in [0.05, 0.1) is 24.4 Å². The average Bonchev–Trinajstić information content (AvgIpc) is 3.45. The van der Waals surface area contributed by atoms with Crippen LogP contribution in [0.1, 0.15) is 18.4 Å². The van der Waals surface area contributed by atoms with Crippen molar-refractivity contribution in [2.45, 2.75) is 18.3 Å². The fourth-order valence-corrected chi connectivity index (χ4v) is 2.69. The number of rotatable bonds is 6. The number of anilines is 1. The number of nitrogens with zero attached hydrogens (tertiary/aromatic N) is 2. The summed E-state index contributed by atoms with van der Waals surface area (Å²) in [4.78, 5) is 20.1. The zero-order chi connectivity index (χ0) is 19.4. The molecule has 2 aromatic rings. The Kier molecular flexibility index (Phi) is 5.16. The van der Waals surface area contributed by atoms with Crippen LogP contribution >= 0.6 is 0 Å². The van der Waals surface area contributed by atoms with Crippen molar-refractivity contribution in [1.82, 2.24) is 4.98 Å². The maximum absolute atomic E-state index is 14.0. The number of ether oxygens (including phenoxy) is 1. The summed E-state index contributed by atoms with van der Waals surface area (Å²) < 4.78 is 32.6. The van der Waals surface area contributed by atoms with E-state index in [1.54, 1.807) is 18.2 Å². The molecule has 6 nitrogen and oxygen atoms in total. The molecule has 140 valence electrons.